The van der Waals surface area contributed by atoms with Gasteiger partial charge in [0.05, 0.1) is 22.8 Å². The van der Waals surface area contributed by atoms with Crippen molar-refractivity contribution in [3.05, 3.63) is 43.5 Å². The van der Waals surface area contributed by atoms with Gasteiger partial charge < -0.3 is 5.32 Å². The smallest absolute Gasteiger partial charge is 0.226 e. The van der Waals surface area contributed by atoms with E-state index in [9.17, 15) is 4.79 Å². The molecule has 4 rings (SSSR count). The number of hydrogen-bond acceptors (Lipinski definition) is 6. The number of thiophene rings is 1. The van der Waals surface area contributed by atoms with Gasteiger partial charge in [0, 0.05) is 34.2 Å². The third-order valence-corrected chi connectivity index (χ3v) is 7.28. The maximum atomic E-state index is 12.1. The largest absolute Gasteiger partial charge is 0.356 e. The van der Waals surface area contributed by atoms with Crippen molar-refractivity contribution < 1.29 is 4.79 Å². The summed E-state index contributed by atoms with van der Waals surface area (Å²) in [5, 5.41) is 11.3. The highest BCUT2D eigenvalue weighted by molar-refractivity contribution is 7.14. The van der Waals surface area contributed by atoms with Crippen molar-refractivity contribution in [3.8, 4) is 10.6 Å². The van der Waals surface area contributed by atoms with Crippen LogP contribution in [0.2, 0.25) is 0 Å². The molecule has 7 heteroatoms. The molecule has 0 aliphatic heterocycles. The minimum absolute atomic E-state index is 0.0469. The van der Waals surface area contributed by atoms with Crippen molar-refractivity contribution in [2.45, 2.75) is 44.9 Å². The van der Waals surface area contributed by atoms with Crippen molar-refractivity contribution in [3.63, 3.8) is 0 Å². The first-order valence-corrected chi connectivity index (χ1v) is 11.6. The van der Waals surface area contributed by atoms with Gasteiger partial charge in [-0.3, -0.25) is 4.79 Å². The number of rotatable bonds is 7. The Morgan fingerprint density at radius 2 is 2.12 bits per heavy atom. The number of aryl methyl sites for hydroxylation is 3. The number of aromatic nitrogens is 2. The second-order valence-corrected chi connectivity index (χ2v) is 9.28. The number of nitrogens with one attached hydrogen (secondary N) is 1. The molecule has 4 nitrogen and oxygen atoms in total. The summed E-state index contributed by atoms with van der Waals surface area (Å²) >= 11 is 5.12. The van der Waals surface area contributed by atoms with Crippen LogP contribution in [-0.2, 0) is 30.5 Å². The standard InChI is InChI=1S/C19H21N3OS3/c23-17(10-14-12-25-19(21-14)13-7-9-24-11-13)20-8-3-6-18-22-15-4-1-2-5-16(15)26-18/h7,9,11-12H,1-6,8,10H2,(H,20,23). The molecule has 0 bridgehead atoms. The van der Waals surface area contributed by atoms with Gasteiger partial charge >= 0.3 is 0 Å². The van der Waals surface area contributed by atoms with Crippen LogP contribution in [0.3, 0.4) is 0 Å². The quantitative estimate of drug-likeness (QED) is 0.591. The summed E-state index contributed by atoms with van der Waals surface area (Å²) in [6, 6.07) is 2.06. The van der Waals surface area contributed by atoms with E-state index in [4.69, 9.17) is 4.98 Å². The molecular weight excluding hydrogens is 382 g/mol. The summed E-state index contributed by atoms with van der Waals surface area (Å²) in [5.74, 6) is 0.0469. The lowest BCUT2D eigenvalue weighted by Crippen LogP contribution is -2.26. The molecule has 0 aromatic carbocycles. The number of amides is 1. The maximum Gasteiger partial charge on any atom is 0.226 e. The Hall–Kier alpha value is -1.57. The summed E-state index contributed by atoms with van der Waals surface area (Å²) in [6.45, 7) is 0.699. The number of carbonyl (C=O) groups is 1. The molecule has 26 heavy (non-hydrogen) atoms. The summed E-state index contributed by atoms with van der Waals surface area (Å²) in [6.07, 6.45) is 7.17. The maximum absolute atomic E-state index is 12.1. The zero-order valence-corrected chi connectivity index (χ0v) is 16.9. The molecule has 136 valence electrons. The molecule has 1 amide bonds. The number of fused-ring (bicyclic) bond motifs is 1. The van der Waals surface area contributed by atoms with Crippen LogP contribution >= 0.6 is 34.0 Å². The lowest BCUT2D eigenvalue weighted by Gasteiger charge is -2.06. The van der Waals surface area contributed by atoms with E-state index in [0.717, 1.165) is 35.5 Å². The number of carbonyl (C=O) groups excluding carboxylic acids is 1. The zero-order valence-electron chi connectivity index (χ0n) is 14.5. The molecule has 1 N–H and O–H groups in total. The molecule has 3 aromatic rings. The Bertz CT molecular complexity index is 843. The fourth-order valence-corrected chi connectivity index (χ4v) is 5.84. The lowest BCUT2D eigenvalue weighted by atomic mass is 10.0. The van der Waals surface area contributed by atoms with Crippen LogP contribution in [0.25, 0.3) is 10.6 Å². The Balaban J connectivity index is 1.20. The monoisotopic (exact) mass is 403 g/mol. The molecule has 0 radical (unpaired) electrons. The second-order valence-electron chi connectivity index (χ2n) is 6.47. The predicted octanol–water partition coefficient (Wildman–Crippen LogP) is 4.50. The van der Waals surface area contributed by atoms with Gasteiger partial charge in [-0.15, -0.1) is 22.7 Å². The molecule has 0 saturated carbocycles. The van der Waals surface area contributed by atoms with E-state index in [1.54, 1.807) is 22.7 Å². The van der Waals surface area contributed by atoms with Gasteiger partial charge in [-0.25, -0.2) is 9.97 Å². The third-order valence-electron chi connectivity index (χ3n) is 4.44. The fourth-order valence-electron chi connectivity index (χ4n) is 3.11. The van der Waals surface area contributed by atoms with Crippen molar-refractivity contribution in [1.82, 2.24) is 15.3 Å². The van der Waals surface area contributed by atoms with Crippen LogP contribution in [0, 0.1) is 0 Å². The van der Waals surface area contributed by atoms with Gasteiger partial charge in [0.1, 0.15) is 5.01 Å². The minimum atomic E-state index is 0.0469. The topological polar surface area (TPSA) is 54.9 Å². The van der Waals surface area contributed by atoms with Gasteiger partial charge in [-0.05, 0) is 43.6 Å². The van der Waals surface area contributed by atoms with Crippen LogP contribution in [0.15, 0.2) is 22.2 Å². The zero-order chi connectivity index (χ0) is 17.8. The second kappa shape index (κ2) is 8.41. The molecule has 0 saturated heterocycles. The van der Waals surface area contributed by atoms with E-state index in [-0.39, 0.29) is 5.91 Å². The third kappa shape index (κ3) is 4.39. The van der Waals surface area contributed by atoms with E-state index in [1.807, 2.05) is 22.1 Å². The van der Waals surface area contributed by atoms with Crippen LogP contribution in [-0.4, -0.2) is 22.4 Å². The first-order valence-electron chi connectivity index (χ1n) is 8.99. The van der Waals surface area contributed by atoms with Gasteiger partial charge in [-0.1, -0.05) is 0 Å². The van der Waals surface area contributed by atoms with Gasteiger partial charge in [0.15, 0.2) is 0 Å². The van der Waals surface area contributed by atoms with Crippen LogP contribution in [0.5, 0.6) is 0 Å². The Morgan fingerprint density at radius 3 is 2.96 bits per heavy atom. The molecule has 0 spiro atoms. The van der Waals surface area contributed by atoms with Crippen LogP contribution < -0.4 is 5.32 Å². The Morgan fingerprint density at radius 1 is 1.19 bits per heavy atom. The van der Waals surface area contributed by atoms with E-state index < -0.39 is 0 Å². The average molecular weight is 404 g/mol. The number of nitrogens with zero attached hydrogens (tertiary/aromatic N) is 2. The van der Waals surface area contributed by atoms with Crippen molar-refractivity contribution >= 4 is 39.9 Å². The first-order chi connectivity index (χ1) is 12.8. The molecule has 0 fully saturated rings. The highest BCUT2D eigenvalue weighted by Crippen LogP contribution is 2.27. The van der Waals surface area contributed by atoms with Crippen LogP contribution in [0.1, 0.15) is 40.5 Å². The fraction of sp³-hybridized carbons (Fsp3) is 0.421. The SMILES string of the molecule is O=C(Cc1csc(-c2ccsc2)n1)NCCCc1nc2c(s1)CCCC2. The summed E-state index contributed by atoms with van der Waals surface area (Å²) < 4.78 is 0. The van der Waals surface area contributed by atoms with Crippen molar-refractivity contribution in [2.75, 3.05) is 6.54 Å². The lowest BCUT2D eigenvalue weighted by molar-refractivity contribution is -0.120. The Labute approximate surface area is 165 Å². The first kappa shape index (κ1) is 17.8. The van der Waals surface area contributed by atoms with Gasteiger partial charge in [0.25, 0.3) is 0 Å². The summed E-state index contributed by atoms with van der Waals surface area (Å²) in [5.41, 5.74) is 3.31. The van der Waals surface area contributed by atoms with Gasteiger partial charge in [-0.2, -0.15) is 11.3 Å². The van der Waals surface area contributed by atoms with E-state index in [2.05, 4.69) is 21.7 Å². The predicted molar refractivity (Wildman–Crippen MR) is 109 cm³/mol. The van der Waals surface area contributed by atoms with Crippen LogP contribution in [0.4, 0.5) is 0 Å². The minimum Gasteiger partial charge on any atom is -0.356 e. The molecule has 0 unspecified atom stereocenters. The van der Waals surface area contributed by atoms with E-state index >= 15 is 0 Å². The summed E-state index contributed by atoms with van der Waals surface area (Å²) in [7, 11) is 0. The van der Waals surface area contributed by atoms with Crippen molar-refractivity contribution in [1.29, 1.82) is 0 Å². The molecule has 0 atom stereocenters. The van der Waals surface area contributed by atoms with E-state index in [0.29, 0.717) is 13.0 Å². The average Bonchev–Trinajstić information content (AvgIpc) is 3.37. The van der Waals surface area contributed by atoms with E-state index in [1.165, 1.54) is 34.8 Å². The normalized spacial score (nSPS) is 13.5. The molecular formula is C19H21N3OS3. The summed E-state index contributed by atoms with van der Waals surface area (Å²) in [4.78, 5) is 22.9. The molecule has 1 aliphatic carbocycles. The number of hydrogen-bond donors (Lipinski definition) is 1. The highest BCUT2D eigenvalue weighted by Gasteiger charge is 2.15. The molecule has 3 aromatic heterocycles. The number of thiazole rings is 2. The molecule has 3 heterocycles. The Kier molecular flexibility index (Phi) is 5.77. The highest BCUT2D eigenvalue weighted by atomic mass is 32.1. The molecule has 1 aliphatic rings. The van der Waals surface area contributed by atoms with Gasteiger partial charge in [0.2, 0.25) is 5.91 Å². The van der Waals surface area contributed by atoms with Crippen molar-refractivity contribution in [2.24, 2.45) is 0 Å².